The highest BCUT2D eigenvalue weighted by atomic mass is 35.5. The molecule has 0 saturated carbocycles. The molecule has 2 atom stereocenters. The van der Waals surface area contributed by atoms with Gasteiger partial charge in [0.15, 0.2) is 0 Å². The van der Waals surface area contributed by atoms with Crippen molar-refractivity contribution in [3.63, 3.8) is 0 Å². The van der Waals surface area contributed by atoms with E-state index in [1.807, 2.05) is 11.6 Å². The van der Waals surface area contributed by atoms with E-state index in [2.05, 4.69) is 25.9 Å². The van der Waals surface area contributed by atoms with Gasteiger partial charge in [0.2, 0.25) is 0 Å². The molecule has 1 aromatic heterocycles. The molecule has 0 aliphatic carbocycles. The fourth-order valence-electron chi connectivity index (χ4n) is 1.90. The van der Waals surface area contributed by atoms with Gasteiger partial charge >= 0.3 is 0 Å². The van der Waals surface area contributed by atoms with Crippen molar-refractivity contribution in [2.24, 2.45) is 5.92 Å². The number of rotatable bonds is 5. The van der Waals surface area contributed by atoms with Crippen molar-refractivity contribution >= 4 is 23.2 Å². The second-order valence-electron chi connectivity index (χ2n) is 4.27. The largest absolute Gasteiger partial charge is 0.268 e. The highest BCUT2D eigenvalue weighted by Crippen LogP contribution is 2.26. The highest BCUT2D eigenvalue weighted by molar-refractivity contribution is 6.31. The van der Waals surface area contributed by atoms with Gasteiger partial charge < -0.3 is 0 Å². The monoisotopic (exact) mass is 262 g/mol. The molecule has 0 aliphatic rings. The minimum Gasteiger partial charge on any atom is -0.268 e. The maximum atomic E-state index is 6.26. The molecule has 2 unspecified atom stereocenters. The standard InChI is InChI=1S/C12H20Cl2N2/c1-5-10(13)8(3)7-11-12(14)9(4)15-16(11)6-2/h8,10H,5-7H2,1-4H3. The predicted octanol–water partition coefficient (Wildman–Crippen LogP) is 4.06. The Kier molecular flexibility index (Phi) is 5.13. The Morgan fingerprint density at radius 3 is 2.50 bits per heavy atom. The Bertz CT molecular complexity index is 347. The van der Waals surface area contributed by atoms with Gasteiger partial charge in [0.05, 0.1) is 16.4 Å². The Balaban J connectivity index is 2.87. The summed E-state index contributed by atoms with van der Waals surface area (Å²) in [5.41, 5.74) is 2.03. The summed E-state index contributed by atoms with van der Waals surface area (Å²) in [6, 6.07) is 0. The van der Waals surface area contributed by atoms with Crippen LogP contribution in [0.2, 0.25) is 5.02 Å². The smallest absolute Gasteiger partial charge is 0.0847 e. The van der Waals surface area contributed by atoms with Crippen LogP contribution >= 0.6 is 23.2 Å². The van der Waals surface area contributed by atoms with Gasteiger partial charge in [-0.15, -0.1) is 11.6 Å². The molecule has 0 spiro atoms. The molecule has 1 aromatic rings. The van der Waals surface area contributed by atoms with Crippen LogP contribution in [0.1, 0.15) is 38.6 Å². The van der Waals surface area contributed by atoms with Crippen molar-refractivity contribution < 1.29 is 0 Å². The number of aromatic nitrogens is 2. The zero-order valence-electron chi connectivity index (χ0n) is 10.4. The Morgan fingerprint density at radius 1 is 1.38 bits per heavy atom. The molecule has 0 fully saturated rings. The van der Waals surface area contributed by atoms with Gasteiger partial charge in [-0.05, 0) is 32.6 Å². The van der Waals surface area contributed by atoms with Gasteiger partial charge in [-0.25, -0.2) is 0 Å². The van der Waals surface area contributed by atoms with E-state index < -0.39 is 0 Å². The molecule has 92 valence electrons. The van der Waals surface area contributed by atoms with Crippen molar-refractivity contribution in [1.29, 1.82) is 0 Å². The predicted molar refractivity (Wildman–Crippen MR) is 70.4 cm³/mol. The first-order chi connectivity index (χ1) is 7.51. The molecule has 0 N–H and O–H groups in total. The quantitative estimate of drug-likeness (QED) is 0.732. The van der Waals surface area contributed by atoms with Crippen molar-refractivity contribution in [2.75, 3.05) is 0 Å². The van der Waals surface area contributed by atoms with Crippen molar-refractivity contribution in [2.45, 2.75) is 52.5 Å². The minimum absolute atomic E-state index is 0.205. The third kappa shape index (κ3) is 2.92. The zero-order chi connectivity index (χ0) is 12.3. The Morgan fingerprint density at radius 2 is 2.00 bits per heavy atom. The highest BCUT2D eigenvalue weighted by Gasteiger charge is 2.19. The number of halogens is 2. The van der Waals surface area contributed by atoms with E-state index in [0.717, 1.165) is 35.8 Å². The average molecular weight is 263 g/mol. The van der Waals surface area contributed by atoms with E-state index >= 15 is 0 Å². The maximum Gasteiger partial charge on any atom is 0.0847 e. The van der Waals surface area contributed by atoms with Crippen LogP contribution in [-0.2, 0) is 13.0 Å². The van der Waals surface area contributed by atoms with E-state index in [9.17, 15) is 0 Å². The Labute approximate surface area is 108 Å². The fraction of sp³-hybridized carbons (Fsp3) is 0.750. The summed E-state index contributed by atoms with van der Waals surface area (Å²) in [6.45, 7) is 9.16. The first-order valence-electron chi connectivity index (χ1n) is 5.87. The van der Waals surface area contributed by atoms with Crippen LogP contribution in [0.5, 0.6) is 0 Å². The molecular formula is C12H20Cl2N2. The lowest BCUT2D eigenvalue weighted by molar-refractivity contribution is 0.499. The van der Waals surface area contributed by atoms with E-state index in [-0.39, 0.29) is 5.38 Å². The summed E-state index contributed by atoms with van der Waals surface area (Å²) >= 11 is 12.5. The molecule has 1 rings (SSSR count). The molecule has 16 heavy (non-hydrogen) atoms. The summed E-state index contributed by atoms with van der Waals surface area (Å²) in [6.07, 6.45) is 1.88. The number of alkyl halides is 1. The Hall–Kier alpha value is -0.210. The zero-order valence-corrected chi connectivity index (χ0v) is 11.9. The normalized spacial score (nSPS) is 15.1. The number of hydrogen-bond donors (Lipinski definition) is 0. The van der Waals surface area contributed by atoms with Gasteiger partial charge in [-0.2, -0.15) is 5.10 Å². The van der Waals surface area contributed by atoms with Gasteiger partial charge in [0.1, 0.15) is 0 Å². The fourth-order valence-corrected chi connectivity index (χ4v) is 2.20. The average Bonchev–Trinajstić information content (AvgIpc) is 2.55. The summed E-state index contributed by atoms with van der Waals surface area (Å²) < 4.78 is 1.98. The van der Waals surface area contributed by atoms with Crippen LogP contribution in [0.4, 0.5) is 0 Å². The van der Waals surface area contributed by atoms with Crippen LogP contribution in [0.3, 0.4) is 0 Å². The number of nitrogens with zero attached hydrogens (tertiary/aromatic N) is 2. The first-order valence-corrected chi connectivity index (χ1v) is 6.68. The third-order valence-corrected chi connectivity index (χ3v) is 4.21. The molecule has 0 aromatic carbocycles. The minimum atomic E-state index is 0.205. The molecule has 0 radical (unpaired) electrons. The van der Waals surface area contributed by atoms with E-state index in [1.165, 1.54) is 0 Å². The lowest BCUT2D eigenvalue weighted by Gasteiger charge is -2.17. The second kappa shape index (κ2) is 5.92. The van der Waals surface area contributed by atoms with Gasteiger partial charge in [0, 0.05) is 11.9 Å². The number of hydrogen-bond acceptors (Lipinski definition) is 1. The second-order valence-corrected chi connectivity index (χ2v) is 5.21. The molecule has 2 nitrogen and oxygen atoms in total. The van der Waals surface area contributed by atoms with Crippen molar-refractivity contribution in [1.82, 2.24) is 9.78 Å². The van der Waals surface area contributed by atoms with E-state index in [4.69, 9.17) is 23.2 Å². The van der Waals surface area contributed by atoms with Crippen molar-refractivity contribution in [3.05, 3.63) is 16.4 Å². The van der Waals surface area contributed by atoms with Gasteiger partial charge in [-0.1, -0.05) is 25.4 Å². The summed E-state index contributed by atoms with van der Waals surface area (Å²) in [4.78, 5) is 0. The summed E-state index contributed by atoms with van der Waals surface area (Å²) in [5.74, 6) is 0.422. The molecule has 0 aliphatic heterocycles. The molecule has 0 saturated heterocycles. The van der Waals surface area contributed by atoms with Crippen LogP contribution in [-0.4, -0.2) is 15.2 Å². The third-order valence-electron chi connectivity index (χ3n) is 2.98. The molecule has 1 heterocycles. The molecule has 0 amide bonds. The van der Waals surface area contributed by atoms with Crippen LogP contribution in [0.15, 0.2) is 0 Å². The summed E-state index contributed by atoms with van der Waals surface area (Å²) in [7, 11) is 0. The molecule has 0 bridgehead atoms. The van der Waals surface area contributed by atoms with Crippen molar-refractivity contribution in [3.8, 4) is 0 Å². The van der Waals surface area contributed by atoms with Crippen LogP contribution < -0.4 is 0 Å². The molecular weight excluding hydrogens is 243 g/mol. The maximum absolute atomic E-state index is 6.26. The molecule has 4 heteroatoms. The van der Waals surface area contributed by atoms with E-state index in [1.54, 1.807) is 0 Å². The first kappa shape index (κ1) is 13.9. The topological polar surface area (TPSA) is 17.8 Å². The van der Waals surface area contributed by atoms with E-state index in [0.29, 0.717) is 5.92 Å². The summed E-state index contributed by atoms with van der Waals surface area (Å²) in [5, 5.41) is 5.41. The van der Waals surface area contributed by atoms with Crippen LogP contribution in [0.25, 0.3) is 0 Å². The lowest BCUT2D eigenvalue weighted by atomic mass is 9.99. The van der Waals surface area contributed by atoms with Crippen LogP contribution in [0, 0.1) is 12.8 Å². The lowest BCUT2D eigenvalue weighted by Crippen LogP contribution is -2.16. The SMILES string of the molecule is CCC(Cl)C(C)Cc1c(Cl)c(C)nn1CC. The van der Waals surface area contributed by atoms with Gasteiger partial charge in [0.25, 0.3) is 0 Å². The van der Waals surface area contributed by atoms with Gasteiger partial charge in [-0.3, -0.25) is 4.68 Å². The number of aryl methyl sites for hydroxylation is 2.